The molecule has 6 heteroatoms. The van der Waals surface area contributed by atoms with Crippen LogP contribution in [0, 0.1) is 0 Å². The second-order valence-electron chi connectivity index (χ2n) is 7.42. The molecule has 0 aliphatic carbocycles. The average Bonchev–Trinajstić information content (AvgIpc) is 3.27. The minimum atomic E-state index is -0.110. The van der Waals surface area contributed by atoms with E-state index in [0.29, 0.717) is 11.6 Å². The first-order valence-electron chi connectivity index (χ1n) is 10.3. The summed E-state index contributed by atoms with van der Waals surface area (Å²) in [5, 5.41) is 8.17. The number of carbonyl (C=O) groups is 2. The molecular weight excluding hydrogens is 418 g/mol. The zero-order chi connectivity index (χ0) is 22.3. The van der Waals surface area contributed by atoms with Crippen molar-refractivity contribution in [3.63, 3.8) is 0 Å². The Morgan fingerprint density at radius 3 is 2.00 bits per heavy atom. The Balaban J connectivity index is 1.45. The van der Waals surface area contributed by atoms with Crippen molar-refractivity contribution in [1.29, 1.82) is 0 Å². The summed E-state index contributed by atoms with van der Waals surface area (Å²) in [5.41, 5.74) is 4.64. The first-order valence-corrected chi connectivity index (χ1v) is 11.2. The van der Waals surface area contributed by atoms with Crippen LogP contribution in [0.2, 0.25) is 0 Å². The van der Waals surface area contributed by atoms with Crippen molar-refractivity contribution in [2.45, 2.75) is 19.3 Å². The lowest BCUT2D eigenvalue weighted by Crippen LogP contribution is -2.16. The van der Waals surface area contributed by atoms with Gasteiger partial charge < -0.3 is 10.6 Å². The van der Waals surface area contributed by atoms with Gasteiger partial charge in [-0.3, -0.25) is 9.59 Å². The van der Waals surface area contributed by atoms with Crippen LogP contribution in [0.25, 0.3) is 11.3 Å². The van der Waals surface area contributed by atoms with Crippen LogP contribution in [0.15, 0.2) is 90.3 Å². The topological polar surface area (TPSA) is 71.1 Å². The fourth-order valence-electron chi connectivity index (χ4n) is 3.55. The number of anilines is 2. The Bertz CT molecular complexity index is 1150. The molecule has 0 unspecified atom stereocenters. The van der Waals surface area contributed by atoms with Crippen LogP contribution >= 0.6 is 11.3 Å². The van der Waals surface area contributed by atoms with E-state index in [1.165, 1.54) is 18.3 Å². The third-order valence-corrected chi connectivity index (χ3v) is 5.80. The lowest BCUT2D eigenvalue weighted by molar-refractivity contribution is -0.116. The highest BCUT2D eigenvalue weighted by Crippen LogP contribution is 2.30. The average molecular weight is 442 g/mol. The zero-order valence-electron chi connectivity index (χ0n) is 17.6. The van der Waals surface area contributed by atoms with E-state index < -0.39 is 0 Å². The van der Waals surface area contributed by atoms with Gasteiger partial charge in [-0.25, -0.2) is 4.98 Å². The standard InChI is InChI=1S/C26H23N3O2S/c1-18(30)27-22-14-12-21(13-15-22)24-17-32-26(28-24)29-25(31)16-23(19-8-4-2-5-9-19)20-10-6-3-7-11-20/h2-15,17,23H,16H2,1H3,(H,27,30)(H,28,29,31). The van der Waals surface area contributed by atoms with Crippen LogP contribution in [-0.2, 0) is 9.59 Å². The first-order chi connectivity index (χ1) is 15.6. The van der Waals surface area contributed by atoms with Crippen molar-refractivity contribution in [3.8, 4) is 11.3 Å². The number of hydrogen-bond donors (Lipinski definition) is 2. The summed E-state index contributed by atoms with van der Waals surface area (Å²) in [7, 11) is 0. The van der Waals surface area contributed by atoms with Gasteiger partial charge in [0.05, 0.1) is 5.69 Å². The molecule has 1 heterocycles. The smallest absolute Gasteiger partial charge is 0.227 e. The summed E-state index contributed by atoms with van der Waals surface area (Å²) in [4.78, 5) is 28.6. The normalized spacial score (nSPS) is 10.7. The van der Waals surface area contributed by atoms with Crippen LogP contribution in [0.4, 0.5) is 10.8 Å². The van der Waals surface area contributed by atoms with Crippen molar-refractivity contribution in [2.75, 3.05) is 10.6 Å². The van der Waals surface area contributed by atoms with Crippen molar-refractivity contribution < 1.29 is 9.59 Å². The number of hydrogen-bond acceptors (Lipinski definition) is 4. The molecule has 2 N–H and O–H groups in total. The molecule has 0 radical (unpaired) electrons. The number of nitrogens with one attached hydrogen (secondary N) is 2. The molecule has 4 aromatic rings. The van der Waals surface area contributed by atoms with Crippen LogP contribution in [0.3, 0.4) is 0 Å². The van der Waals surface area contributed by atoms with Crippen molar-refractivity contribution in [1.82, 2.24) is 4.98 Å². The highest BCUT2D eigenvalue weighted by molar-refractivity contribution is 7.14. The number of aromatic nitrogens is 1. The summed E-state index contributed by atoms with van der Waals surface area (Å²) in [6.07, 6.45) is 0.328. The van der Waals surface area contributed by atoms with Gasteiger partial charge in [-0.2, -0.15) is 0 Å². The highest BCUT2D eigenvalue weighted by Gasteiger charge is 2.19. The molecule has 2 amide bonds. The second-order valence-corrected chi connectivity index (χ2v) is 8.28. The predicted octanol–water partition coefficient (Wildman–Crippen LogP) is 5.93. The van der Waals surface area contributed by atoms with Gasteiger partial charge in [0.1, 0.15) is 0 Å². The van der Waals surface area contributed by atoms with Crippen molar-refractivity contribution >= 4 is 34.0 Å². The molecule has 32 heavy (non-hydrogen) atoms. The molecule has 0 fully saturated rings. The molecule has 0 saturated heterocycles. The Morgan fingerprint density at radius 1 is 0.844 bits per heavy atom. The maximum absolute atomic E-state index is 12.9. The van der Waals surface area contributed by atoms with Gasteiger partial charge in [0.25, 0.3) is 0 Å². The second kappa shape index (κ2) is 10.0. The SMILES string of the molecule is CC(=O)Nc1ccc(-c2csc(NC(=O)CC(c3ccccc3)c3ccccc3)n2)cc1. The van der Waals surface area contributed by atoms with Crippen LogP contribution in [0.5, 0.6) is 0 Å². The quantitative estimate of drug-likeness (QED) is 0.373. The Kier molecular flexibility index (Phi) is 6.72. The van der Waals surface area contributed by atoms with Gasteiger partial charge in [-0.1, -0.05) is 72.8 Å². The minimum absolute atomic E-state index is 0.0295. The summed E-state index contributed by atoms with van der Waals surface area (Å²) in [6, 6.07) is 27.6. The maximum Gasteiger partial charge on any atom is 0.227 e. The Morgan fingerprint density at radius 2 is 1.44 bits per heavy atom. The van der Waals surface area contributed by atoms with Crippen LogP contribution in [0.1, 0.15) is 30.4 Å². The largest absolute Gasteiger partial charge is 0.326 e. The Hall–Kier alpha value is -3.77. The van der Waals surface area contributed by atoms with E-state index in [1.807, 2.05) is 66.0 Å². The number of nitrogens with zero attached hydrogens (tertiary/aromatic N) is 1. The lowest BCUT2D eigenvalue weighted by atomic mass is 9.88. The van der Waals surface area contributed by atoms with E-state index in [0.717, 1.165) is 28.1 Å². The number of rotatable bonds is 7. The van der Waals surface area contributed by atoms with E-state index in [9.17, 15) is 9.59 Å². The predicted molar refractivity (Wildman–Crippen MR) is 130 cm³/mol. The van der Waals surface area contributed by atoms with Crippen LogP contribution < -0.4 is 10.6 Å². The van der Waals surface area contributed by atoms with E-state index in [4.69, 9.17) is 0 Å². The van der Waals surface area contributed by atoms with Crippen molar-refractivity contribution in [3.05, 3.63) is 101 Å². The maximum atomic E-state index is 12.9. The van der Waals surface area contributed by atoms with Gasteiger partial charge in [0.2, 0.25) is 11.8 Å². The van der Waals surface area contributed by atoms with E-state index in [1.54, 1.807) is 0 Å². The molecule has 0 atom stereocenters. The number of benzene rings is 3. The summed E-state index contributed by atoms with van der Waals surface area (Å²) in [5.74, 6) is -0.219. The lowest BCUT2D eigenvalue weighted by Gasteiger charge is -2.17. The Labute approximate surface area is 191 Å². The van der Waals surface area contributed by atoms with Gasteiger partial charge in [0.15, 0.2) is 5.13 Å². The monoisotopic (exact) mass is 441 g/mol. The first kappa shape index (κ1) is 21.5. The summed E-state index contributed by atoms with van der Waals surface area (Å²) in [6.45, 7) is 1.48. The highest BCUT2D eigenvalue weighted by atomic mass is 32.1. The molecule has 0 aliphatic rings. The molecule has 4 rings (SSSR count). The number of amides is 2. The molecule has 0 saturated carbocycles. The fraction of sp³-hybridized carbons (Fsp3) is 0.115. The number of thiazole rings is 1. The van der Waals surface area contributed by atoms with Crippen molar-refractivity contribution in [2.24, 2.45) is 0 Å². The zero-order valence-corrected chi connectivity index (χ0v) is 18.4. The molecule has 160 valence electrons. The van der Waals surface area contributed by atoms with Crippen LogP contribution in [-0.4, -0.2) is 16.8 Å². The summed E-state index contributed by atoms with van der Waals surface area (Å²) < 4.78 is 0. The minimum Gasteiger partial charge on any atom is -0.326 e. The van der Waals surface area contributed by atoms with E-state index in [2.05, 4.69) is 39.9 Å². The summed E-state index contributed by atoms with van der Waals surface area (Å²) >= 11 is 1.39. The van der Waals surface area contributed by atoms with Gasteiger partial charge in [-0.15, -0.1) is 11.3 Å². The molecule has 5 nitrogen and oxygen atoms in total. The number of carbonyl (C=O) groups excluding carboxylic acids is 2. The molecule has 3 aromatic carbocycles. The van der Waals surface area contributed by atoms with Gasteiger partial charge in [0, 0.05) is 35.9 Å². The molecule has 0 spiro atoms. The van der Waals surface area contributed by atoms with E-state index in [-0.39, 0.29) is 17.7 Å². The molecule has 1 aromatic heterocycles. The fourth-order valence-corrected chi connectivity index (χ4v) is 4.28. The van der Waals surface area contributed by atoms with E-state index >= 15 is 0 Å². The van der Waals surface area contributed by atoms with Gasteiger partial charge in [-0.05, 0) is 23.3 Å². The molecule has 0 bridgehead atoms. The van der Waals surface area contributed by atoms with Gasteiger partial charge >= 0.3 is 0 Å². The molecule has 0 aliphatic heterocycles. The third-order valence-electron chi connectivity index (χ3n) is 5.04. The molecular formula is C26H23N3O2S. The third kappa shape index (κ3) is 5.47.